The van der Waals surface area contributed by atoms with Crippen molar-refractivity contribution in [3.63, 3.8) is 0 Å². The molecule has 3 aromatic rings. The van der Waals surface area contributed by atoms with Gasteiger partial charge in [-0.25, -0.2) is 8.78 Å². The molecule has 1 aromatic carbocycles. The molecule has 6 heteroatoms. The lowest BCUT2D eigenvalue weighted by molar-refractivity contribution is 0.175. The maximum absolute atomic E-state index is 13.9. The van der Waals surface area contributed by atoms with Gasteiger partial charge in [0.2, 0.25) is 0 Å². The van der Waals surface area contributed by atoms with Gasteiger partial charge in [-0.05, 0) is 45.6 Å². The fourth-order valence-electron chi connectivity index (χ4n) is 2.11. The number of nitrogens with zero attached hydrogens (tertiary/aromatic N) is 1. The molecule has 21 heavy (non-hydrogen) atoms. The van der Waals surface area contributed by atoms with Crippen LogP contribution in [-0.4, -0.2) is 10.1 Å². The van der Waals surface area contributed by atoms with Crippen molar-refractivity contribution < 1.29 is 13.9 Å². The highest BCUT2D eigenvalue weighted by molar-refractivity contribution is 9.10. The molecular formula is C15H10BrF2NOS. The Labute approximate surface area is 132 Å². The second-order valence-corrected chi connectivity index (χ2v) is 6.42. The quantitative estimate of drug-likeness (QED) is 0.683. The van der Waals surface area contributed by atoms with E-state index in [0.717, 1.165) is 10.2 Å². The molecule has 1 unspecified atom stereocenters. The number of aliphatic hydroxyl groups excluding tert-OH is 1. The van der Waals surface area contributed by atoms with Gasteiger partial charge in [0, 0.05) is 23.7 Å². The Morgan fingerprint density at radius 2 is 2.10 bits per heavy atom. The molecule has 0 saturated carbocycles. The predicted octanol–water partition coefficient (Wildman–Crippen LogP) is 4.61. The minimum atomic E-state index is -1.01. The molecule has 0 aliphatic heterocycles. The van der Waals surface area contributed by atoms with Crippen LogP contribution in [-0.2, 0) is 6.42 Å². The fraction of sp³-hybridized carbons (Fsp3) is 0.133. The lowest BCUT2D eigenvalue weighted by Gasteiger charge is -2.13. The predicted molar refractivity (Wildman–Crippen MR) is 82.3 cm³/mol. The number of hydrogen-bond donors (Lipinski definition) is 1. The zero-order valence-corrected chi connectivity index (χ0v) is 13.1. The molecular weight excluding hydrogens is 360 g/mol. The molecule has 0 amide bonds. The summed E-state index contributed by atoms with van der Waals surface area (Å²) < 4.78 is 28.8. The molecule has 0 bridgehead atoms. The third-order valence-corrected chi connectivity index (χ3v) is 4.71. The van der Waals surface area contributed by atoms with Gasteiger partial charge < -0.3 is 5.11 Å². The third-order valence-electron chi connectivity index (χ3n) is 3.24. The third kappa shape index (κ3) is 2.84. The molecule has 108 valence electrons. The van der Waals surface area contributed by atoms with Gasteiger partial charge in [-0.1, -0.05) is 0 Å². The molecule has 0 aliphatic carbocycles. The number of aromatic nitrogens is 1. The first-order chi connectivity index (χ1) is 10.1. The molecule has 2 heterocycles. The van der Waals surface area contributed by atoms with Crippen LogP contribution in [0.2, 0.25) is 0 Å². The minimum Gasteiger partial charge on any atom is -0.388 e. The first-order valence-corrected chi connectivity index (χ1v) is 7.87. The highest BCUT2D eigenvalue weighted by atomic mass is 79.9. The largest absolute Gasteiger partial charge is 0.388 e. The molecule has 1 N–H and O–H groups in total. The number of fused-ring (bicyclic) bond motifs is 1. The fourth-order valence-corrected chi connectivity index (χ4v) is 3.27. The molecule has 2 aromatic heterocycles. The van der Waals surface area contributed by atoms with E-state index in [0.29, 0.717) is 5.56 Å². The summed E-state index contributed by atoms with van der Waals surface area (Å²) in [6.45, 7) is 0. The summed E-state index contributed by atoms with van der Waals surface area (Å²) in [5, 5.41) is 12.1. The highest BCUT2D eigenvalue weighted by Crippen LogP contribution is 2.28. The van der Waals surface area contributed by atoms with Crippen LogP contribution < -0.4 is 0 Å². The van der Waals surface area contributed by atoms with Crippen LogP contribution in [0.15, 0.2) is 40.3 Å². The van der Waals surface area contributed by atoms with Crippen molar-refractivity contribution in [1.82, 2.24) is 4.98 Å². The SMILES string of the molecule is OC(Cc1c(F)ccc(Br)c1F)c1cnc2ccsc2c1. The van der Waals surface area contributed by atoms with E-state index in [1.54, 1.807) is 6.07 Å². The van der Waals surface area contributed by atoms with Crippen LogP contribution in [0.5, 0.6) is 0 Å². The summed E-state index contributed by atoms with van der Waals surface area (Å²) in [5.74, 6) is -1.35. The summed E-state index contributed by atoms with van der Waals surface area (Å²) >= 11 is 4.52. The van der Waals surface area contributed by atoms with Crippen LogP contribution in [0, 0.1) is 11.6 Å². The van der Waals surface area contributed by atoms with Gasteiger partial charge in [0.1, 0.15) is 11.6 Å². The van der Waals surface area contributed by atoms with Crippen LogP contribution in [0.4, 0.5) is 8.78 Å². The van der Waals surface area contributed by atoms with Gasteiger partial charge in [0.25, 0.3) is 0 Å². The second-order valence-electron chi connectivity index (χ2n) is 4.61. The van der Waals surface area contributed by atoms with E-state index in [1.165, 1.54) is 29.7 Å². The lowest BCUT2D eigenvalue weighted by Crippen LogP contribution is -2.06. The number of halogens is 3. The van der Waals surface area contributed by atoms with E-state index >= 15 is 0 Å². The Morgan fingerprint density at radius 1 is 1.29 bits per heavy atom. The first-order valence-electron chi connectivity index (χ1n) is 6.20. The Kier molecular flexibility index (Phi) is 4.01. The van der Waals surface area contributed by atoms with Gasteiger partial charge >= 0.3 is 0 Å². The molecule has 0 aliphatic rings. The number of rotatable bonds is 3. The Hall–Kier alpha value is -1.37. The van der Waals surface area contributed by atoms with Crippen molar-refractivity contribution in [3.05, 3.63) is 63.1 Å². The van der Waals surface area contributed by atoms with Gasteiger partial charge in [0.15, 0.2) is 0 Å². The minimum absolute atomic E-state index is 0.136. The normalized spacial score (nSPS) is 12.8. The van der Waals surface area contributed by atoms with Crippen LogP contribution >= 0.6 is 27.3 Å². The monoisotopic (exact) mass is 369 g/mol. The van der Waals surface area contributed by atoms with Gasteiger partial charge in [-0.2, -0.15) is 0 Å². The van der Waals surface area contributed by atoms with Crippen molar-refractivity contribution in [2.24, 2.45) is 0 Å². The molecule has 3 rings (SSSR count). The van der Waals surface area contributed by atoms with E-state index in [4.69, 9.17) is 0 Å². The van der Waals surface area contributed by atoms with Gasteiger partial charge in [0.05, 0.1) is 20.8 Å². The maximum atomic E-state index is 13.9. The highest BCUT2D eigenvalue weighted by Gasteiger charge is 2.18. The standard InChI is InChI=1S/C15H10BrF2NOS/c16-10-1-2-11(17)9(15(10)18)6-13(20)8-5-14-12(19-7-8)3-4-21-14/h1-5,7,13,20H,6H2. The van der Waals surface area contributed by atoms with E-state index in [-0.39, 0.29) is 16.5 Å². The van der Waals surface area contributed by atoms with Crippen molar-refractivity contribution in [2.45, 2.75) is 12.5 Å². The molecule has 0 fully saturated rings. The number of hydrogen-bond acceptors (Lipinski definition) is 3. The molecule has 0 saturated heterocycles. The van der Waals surface area contributed by atoms with E-state index in [2.05, 4.69) is 20.9 Å². The first kappa shape index (κ1) is 14.6. The summed E-state index contributed by atoms with van der Waals surface area (Å²) in [7, 11) is 0. The number of thiophene rings is 1. The Bertz CT molecular complexity index is 805. The van der Waals surface area contributed by atoms with Crippen LogP contribution in [0.3, 0.4) is 0 Å². The summed E-state index contributed by atoms with van der Waals surface area (Å²) in [5.41, 5.74) is 1.25. The number of benzene rings is 1. The second kappa shape index (κ2) is 5.79. The van der Waals surface area contributed by atoms with E-state index < -0.39 is 17.7 Å². The van der Waals surface area contributed by atoms with Crippen LogP contribution in [0.1, 0.15) is 17.2 Å². The zero-order chi connectivity index (χ0) is 15.0. The van der Waals surface area contributed by atoms with Crippen molar-refractivity contribution in [2.75, 3.05) is 0 Å². The molecule has 1 atom stereocenters. The molecule has 0 radical (unpaired) electrons. The maximum Gasteiger partial charge on any atom is 0.143 e. The smallest absolute Gasteiger partial charge is 0.143 e. The van der Waals surface area contributed by atoms with Crippen molar-refractivity contribution >= 4 is 37.5 Å². The van der Waals surface area contributed by atoms with Crippen molar-refractivity contribution in [1.29, 1.82) is 0 Å². The van der Waals surface area contributed by atoms with Crippen LogP contribution in [0.25, 0.3) is 10.2 Å². The van der Waals surface area contributed by atoms with E-state index in [9.17, 15) is 13.9 Å². The number of pyridine rings is 1. The summed E-state index contributed by atoms with van der Waals surface area (Å²) in [6, 6.07) is 6.16. The Balaban J connectivity index is 1.92. The summed E-state index contributed by atoms with van der Waals surface area (Å²) in [4.78, 5) is 4.22. The Morgan fingerprint density at radius 3 is 2.90 bits per heavy atom. The van der Waals surface area contributed by atoms with E-state index in [1.807, 2.05) is 11.4 Å². The number of aliphatic hydroxyl groups is 1. The average Bonchev–Trinajstić information content (AvgIpc) is 2.94. The lowest BCUT2D eigenvalue weighted by atomic mass is 10.0. The van der Waals surface area contributed by atoms with Gasteiger partial charge in [-0.3, -0.25) is 4.98 Å². The summed E-state index contributed by atoms with van der Waals surface area (Å²) in [6.07, 6.45) is 0.380. The molecule has 2 nitrogen and oxygen atoms in total. The average molecular weight is 370 g/mol. The zero-order valence-electron chi connectivity index (χ0n) is 10.7. The topological polar surface area (TPSA) is 33.1 Å². The van der Waals surface area contributed by atoms with Crippen molar-refractivity contribution in [3.8, 4) is 0 Å². The van der Waals surface area contributed by atoms with Gasteiger partial charge in [-0.15, -0.1) is 11.3 Å². The molecule has 0 spiro atoms.